The predicted molar refractivity (Wildman–Crippen MR) is 69.3 cm³/mol. The zero-order chi connectivity index (χ0) is 11.8. The van der Waals surface area contributed by atoms with E-state index in [-0.39, 0.29) is 0 Å². The second kappa shape index (κ2) is 4.45. The predicted octanol–water partition coefficient (Wildman–Crippen LogP) is 2.59. The topological polar surface area (TPSA) is 21.1 Å². The minimum absolute atomic E-state index is 0.654. The van der Waals surface area contributed by atoms with Crippen molar-refractivity contribution in [2.75, 3.05) is 19.6 Å². The molecule has 2 aliphatic rings. The van der Waals surface area contributed by atoms with E-state index in [9.17, 15) is 0 Å². The smallest absolute Gasteiger partial charge is 0.111 e. The van der Waals surface area contributed by atoms with E-state index in [0.717, 1.165) is 0 Å². The second-order valence-corrected chi connectivity index (χ2v) is 5.64. The average Bonchev–Trinajstić information content (AvgIpc) is 2.95. The maximum atomic E-state index is 4.92. The van der Waals surface area contributed by atoms with Crippen LogP contribution in [0, 0.1) is 0 Å². The van der Waals surface area contributed by atoms with Crippen molar-refractivity contribution in [1.29, 1.82) is 0 Å². The Balaban J connectivity index is 1.80. The lowest BCUT2D eigenvalue weighted by Crippen LogP contribution is -2.19. The van der Waals surface area contributed by atoms with Crippen LogP contribution in [0.25, 0.3) is 0 Å². The fourth-order valence-corrected chi connectivity index (χ4v) is 3.28. The standard InChI is InChI=1S/C14H23N3/c1-3-16-8-6-12(9-16)13-10-17-7-4-5-11(2)14(17)15-13/h10-12H,3-9H2,1-2H3. The van der Waals surface area contributed by atoms with Gasteiger partial charge in [0.25, 0.3) is 0 Å². The van der Waals surface area contributed by atoms with Gasteiger partial charge in [0.05, 0.1) is 5.69 Å². The van der Waals surface area contributed by atoms with Gasteiger partial charge in [-0.05, 0) is 32.4 Å². The van der Waals surface area contributed by atoms with Crippen LogP contribution < -0.4 is 0 Å². The number of nitrogens with zero attached hydrogens (tertiary/aromatic N) is 3. The Morgan fingerprint density at radius 3 is 2.94 bits per heavy atom. The molecular weight excluding hydrogens is 210 g/mol. The summed E-state index contributed by atoms with van der Waals surface area (Å²) >= 11 is 0. The molecule has 0 amide bonds. The maximum Gasteiger partial charge on any atom is 0.111 e. The van der Waals surface area contributed by atoms with Gasteiger partial charge in [-0.15, -0.1) is 0 Å². The van der Waals surface area contributed by atoms with E-state index in [1.165, 1.54) is 57.0 Å². The van der Waals surface area contributed by atoms with Crippen molar-refractivity contribution < 1.29 is 0 Å². The summed E-state index contributed by atoms with van der Waals surface area (Å²) in [6.45, 7) is 9.38. The van der Waals surface area contributed by atoms with Gasteiger partial charge in [0.1, 0.15) is 5.82 Å². The maximum absolute atomic E-state index is 4.92. The third kappa shape index (κ3) is 2.01. The Kier molecular flexibility index (Phi) is 2.95. The molecule has 1 aromatic rings. The minimum atomic E-state index is 0.654. The van der Waals surface area contributed by atoms with Gasteiger partial charge in [-0.3, -0.25) is 0 Å². The van der Waals surface area contributed by atoms with Gasteiger partial charge in [-0.25, -0.2) is 4.98 Å². The summed E-state index contributed by atoms with van der Waals surface area (Å²) in [5.41, 5.74) is 1.35. The highest BCUT2D eigenvalue weighted by Gasteiger charge is 2.27. The fraction of sp³-hybridized carbons (Fsp3) is 0.786. The van der Waals surface area contributed by atoms with Crippen LogP contribution in [0.3, 0.4) is 0 Å². The summed E-state index contributed by atoms with van der Waals surface area (Å²) in [6.07, 6.45) is 6.24. The van der Waals surface area contributed by atoms with Crippen LogP contribution in [0.1, 0.15) is 56.5 Å². The van der Waals surface area contributed by atoms with Gasteiger partial charge >= 0.3 is 0 Å². The molecule has 2 atom stereocenters. The van der Waals surface area contributed by atoms with Crippen molar-refractivity contribution in [2.45, 2.75) is 51.5 Å². The first-order valence-electron chi connectivity index (χ1n) is 7.07. The molecule has 0 saturated carbocycles. The normalized spacial score (nSPS) is 29.5. The van der Waals surface area contributed by atoms with Gasteiger partial charge in [-0.2, -0.15) is 0 Å². The molecule has 0 bridgehead atoms. The monoisotopic (exact) mass is 233 g/mol. The van der Waals surface area contributed by atoms with Crippen molar-refractivity contribution in [3.05, 3.63) is 17.7 Å². The molecule has 0 spiro atoms. The van der Waals surface area contributed by atoms with Crippen molar-refractivity contribution in [3.63, 3.8) is 0 Å². The van der Waals surface area contributed by atoms with Gasteiger partial charge in [0, 0.05) is 31.1 Å². The van der Waals surface area contributed by atoms with Crippen LogP contribution >= 0.6 is 0 Å². The number of rotatable bonds is 2. The third-order valence-electron chi connectivity index (χ3n) is 4.44. The molecule has 3 rings (SSSR count). The number of likely N-dealkylation sites (N-methyl/N-ethyl adjacent to an activating group) is 1. The van der Waals surface area contributed by atoms with Crippen molar-refractivity contribution in [3.8, 4) is 0 Å². The van der Waals surface area contributed by atoms with Crippen molar-refractivity contribution in [2.24, 2.45) is 0 Å². The Bertz CT molecular complexity index is 396. The zero-order valence-corrected chi connectivity index (χ0v) is 11.0. The van der Waals surface area contributed by atoms with Crippen LogP contribution in [-0.2, 0) is 6.54 Å². The highest BCUT2D eigenvalue weighted by molar-refractivity contribution is 5.15. The van der Waals surface area contributed by atoms with Gasteiger partial charge in [0.2, 0.25) is 0 Å². The van der Waals surface area contributed by atoms with Crippen molar-refractivity contribution >= 4 is 0 Å². The van der Waals surface area contributed by atoms with Crippen LogP contribution in [0.2, 0.25) is 0 Å². The van der Waals surface area contributed by atoms with E-state index in [4.69, 9.17) is 4.98 Å². The van der Waals surface area contributed by atoms with E-state index < -0.39 is 0 Å². The Morgan fingerprint density at radius 2 is 2.24 bits per heavy atom. The first-order valence-corrected chi connectivity index (χ1v) is 7.07. The van der Waals surface area contributed by atoms with E-state index in [0.29, 0.717) is 11.8 Å². The van der Waals surface area contributed by atoms with Gasteiger partial charge in [-0.1, -0.05) is 13.8 Å². The molecule has 1 fully saturated rings. The SMILES string of the molecule is CCN1CCC(c2cn3c(n2)C(C)CCC3)C1. The van der Waals surface area contributed by atoms with Gasteiger partial charge in [0.15, 0.2) is 0 Å². The van der Waals surface area contributed by atoms with E-state index in [2.05, 4.69) is 29.5 Å². The number of fused-ring (bicyclic) bond motifs is 1. The summed E-state index contributed by atoms with van der Waals surface area (Å²) in [6, 6.07) is 0. The Hall–Kier alpha value is -0.830. The molecule has 2 aliphatic heterocycles. The Labute approximate surface area is 104 Å². The molecule has 94 valence electrons. The fourth-order valence-electron chi connectivity index (χ4n) is 3.28. The van der Waals surface area contributed by atoms with Crippen LogP contribution in [0.15, 0.2) is 6.20 Å². The minimum Gasteiger partial charge on any atom is -0.334 e. The molecule has 2 unspecified atom stereocenters. The molecule has 17 heavy (non-hydrogen) atoms. The summed E-state index contributed by atoms with van der Waals surface area (Å²) < 4.78 is 2.40. The molecule has 3 nitrogen and oxygen atoms in total. The summed E-state index contributed by atoms with van der Waals surface area (Å²) in [5.74, 6) is 2.67. The van der Waals surface area contributed by atoms with Gasteiger partial charge < -0.3 is 9.47 Å². The summed E-state index contributed by atoms with van der Waals surface area (Å²) in [4.78, 5) is 7.45. The summed E-state index contributed by atoms with van der Waals surface area (Å²) in [7, 11) is 0. The largest absolute Gasteiger partial charge is 0.334 e. The molecule has 3 heteroatoms. The first-order chi connectivity index (χ1) is 8.28. The average molecular weight is 233 g/mol. The molecule has 0 aromatic carbocycles. The van der Waals surface area contributed by atoms with Crippen LogP contribution in [0.5, 0.6) is 0 Å². The van der Waals surface area contributed by atoms with Crippen molar-refractivity contribution in [1.82, 2.24) is 14.5 Å². The number of aryl methyl sites for hydroxylation is 1. The molecule has 0 N–H and O–H groups in total. The Morgan fingerprint density at radius 1 is 1.35 bits per heavy atom. The molecule has 1 aromatic heterocycles. The van der Waals surface area contributed by atoms with E-state index in [1.54, 1.807) is 0 Å². The zero-order valence-electron chi connectivity index (χ0n) is 11.0. The lowest BCUT2D eigenvalue weighted by Gasteiger charge is -2.19. The highest BCUT2D eigenvalue weighted by atomic mass is 15.2. The highest BCUT2D eigenvalue weighted by Crippen LogP contribution is 2.31. The first kappa shape index (κ1) is 11.3. The van der Waals surface area contributed by atoms with E-state index >= 15 is 0 Å². The molecule has 0 radical (unpaired) electrons. The molecule has 3 heterocycles. The number of hydrogen-bond donors (Lipinski definition) is 0. The van der Waals surface area contributed by atoms with Crippen LogP contribution in [0.4, 0.5) is 0 Å². The molecular formula is C14H23N3. The van der Waals surface area contributed by atoms with Crippen LogP contribution in [-0.4, -0.2) is 34.1 Å². The van der Waals surface area contributed by atoms with E-state index in [1.807, 2.05) is 0 Å². The number of imidazole rings is 1. The third-order valence-corrected chi connectivity index (χ3v) is 4.44. The number of likely N-dealkylation sites (tertiary alicyclic amines) is 1. The second-order valence-electron chi connectivity index (χ2n) is 5.64. The number of aromatic nitrogens is 2. The molecule has 1 saturated heterocycles. The lowest BCUT2D eigenvalue weighted by atomic mass is 10.0. The summed E-state index contributed by atoms with van der Waals surface area (Å²) in [5, 5.41) is 0. The number of hydrogen-bond acceptors (Lipinski definition) is 2. The molecule has 0 aliphatic carbocycles. The lowest BCUT2D eigenvalue weighted by molar-refractivity contribution is 0.353. The quantitative estimate of drug-likeness (QED) is 0.783.